The third-order valence-corrected chi connectivity index (χ3v) is 5.45. The highest BCUT2D eigenvalue weighted by Gasteiger charge is 2.31. The fraction of sp³-hybridized carbons (Fsp3) is 0.421. The number of hydrogen-bond donors (Lipinski definition) is 0. The number of benzene rings is 1. The van der Waals surface area contributed by atoms with Crippen molar-refractivity contribution in [3.05, 3.63) is 45.6 Å². The fourth-order valence-corrected chi connectivity index (χ4v) is 4.25. The number of ether oxygens (including phenoxy) is 2. The van der Waals surface area contributed by atoms with Gasteiger partial charge in [0.15, 0.2) is 11.5 Å². The summed E-state index contributed by atoms with van der Waals surface area (Å²) in [5.74, 6) is 1.33. The van der Waals surface area contributed by atoms with E-state index in [9.17, 15) is 4.79 Å². The number of thiophene rings is 1. The zero-order valence-electron chi connectivity index (χ0n) is 14.4. The number of fused-ring (bicyclic) bond motifs is 1. The van der Waals surface area contributed by atoms with Crippen LogP contribution in [0.1, 0.15) is 47.1 Å². The summed E-state index contributed by atoms with van der Waals surface area (Å²) in [4.78, 5) is 16.5. The fourth-order valence-electron chi connectivity index (χ4n) is 3.32. The molecule has 0 N–H and O–H groups in total. The van der Waals surface area contributed by atoms with E-state index in [2.05, 4.69) is 18.4 Å². The second kappa shape index (κ2) is 7.26. The molecule has 1 aromatic carbocycles. The Bertz CT molecular complexity index is 725. The first-order valence-corrected chi connectivity index (χ1v) is 9.25. The summed E-state index contributed by atoms with van der Waals surface area (Å²) in [5.41, 5.74) is 1.96. The van der Waals surface area contributed by atoms with Crippen molar-refractivity contribution in [2.75, 3.05) is 20.3 Å². The summed E-state index contributed by atoms with van der Waals surface area (Å²) in [5, 5.41) is 2.13. The molecule has 0 bridgehead atoms. The summed E-state index contributed by atoms with van der Waals surface area (Å²) in [6.45, 7) is 5.36. The van der Waals surface area contributed by atoms with E-state index in [-0.39, 0.29) is 11.9 Å². The number of carbonyl (C=O) groups is 1. The van der Waals surface area contributed by atoms with Gasteiger partial charge >= 0.3 is 0 Å². The highest BCUT2D eigenvalue weighted by atomic mass is 32.1. The van der Waals surface area contributed by atoms with E-state index in [1.807, 2.05) is 17.9 Å². The molecule has 128 valence electrons. The van der Waals surface area contributed by atoms with Crippen LogP contribution in [0.4, 0.5) is 0 Å². The third kappa shape index (κ3) is 3.00. The van der Waals surface area contributed by atoms with Crippen LogP contribution < -0.4 is 9.47 Å². The number of methoxy groups -OCH3 is 1. The average Bonchev–Trinajstić information content (AvgIpc) is 3.09. The van der Waals surface area contributed by atoms with Gasteiger partial charge in [0.1, 0.15) is 0 Å². The van der Waals surface area contributed by atoms with E-state index in [0.29, 0.717) is 23.7 Å². The maximum atomic E-state index is 13.1. The van der Waals surface area contributed by atoms with Gasteiger partial charge in [0.2, 0.25) is 0 Å². The lowest BCUT2D eigenvalue weighted by Gasteiger charge is -2.35. The van der Waals surface area contributed by atoms with Crippen molar-refractivity contribution in [2.24, 2.45) is 0 Å². The molecule has 0 saturated heterocycles. The van der Waals surface area contributed by atoms with Gasteiger partial charge in [0, 0.05) is 17.0 Å². The molecule has 1 atom stereocenters. The average molecular weight is 345 g/mol. The molecule has 4 nitrogen and oxygen atoms in total. The van der Waals surface area contributed by atoms with Gasteiger partial charge in [-0.05, 0) is 55.0 Å². The quantitative estimate of drug-likeness (QED) is 0.811. The maximum Gasteiger partial charge on any atom is 0.254 e. The Morgan fingerprint density at radius 3 is 2.83 bits per heavy atom. The van der Waals surface area contributed by atoms with Crippen LogP contribution in [-0.4, -0.2) is 31.1 Å². The lowest BCUT2D eigenvalue weighted by molar-refractivity contribution is 0.0657. The molecule has 0 fully saturated rings. The molecule has 2 heterocycles. The molecular weight excluding hydrogens is 322 g/mol. The van der Waals surface area contributed by atoms with Crippen molar-refractivity contribution in [2.45, 2.75) is 32.7 Å². The first-order valence-electron chi connectivity index (χ1n) is 8.37. The van der Waals surface area contributed by atoms with Crippen LogP contribution in [0.5, 0.6) is 11.5 Å². The molecule has 0 saturated carbocycles. The van der Waals surface area contributed by atoms with Gasteiger partial charge in [-0.3, -0.25) is 4.79 Å². The van der Waals surface area contributed by atoms with Crippen LogP contribution in [0.3, 0.4) is 0 Å². The normalized spacial score (nSPS) is 16.6. The van der Waals surface area contributed by atoms with E-state index in [1.54, 1.807) is 30.6 Å². The van der Waals surface area contributed by atoms with Gasteiger partial charge in [-0.2, -0.15) is 0 Å². The Kier molecular flexibility index (Phi) is 5.09. The molecule has 2 aromatic rings. The predicted octanol–water partition coefficient (Wildman–Crippen LogP) is 4.31. The minimum atomic E-state index is 0.0577. The van der Waals surface area contributed by atoms with Crippen LogP contribution in [0.2, 0.25) is 0 Å². The van der Waals surface area contributed by atoms with Crippen LogP contribution in [0, 0.1) is 0 Å². The van der Waals surface area contributed by atoms with Gasteiger partial charge in [0.05, 0.1) is 19.8 Å². The van der Waals surface area contributed by atoms with Crippen LogP contribution >= 0.6 is 11.3 Å². The lowest BCUT2D eigenvalue weighted by Crippen LogP contribution is -2.39. The van der Waals surface area contributed by atoms with Crippen molar-refractivity contribution in [3.8, 4) is 11.5 Å². The molecule has 1 aliphatic rings. The molecule has 24 heavy (non-hydrogen) atoms. The minimum Gasteiger partial charge on any atom is -0.493 e. The third-order valence-electron chi connectivity index (χ3n) is 4.45. The summed E-state index contributed by atoms with van der Waals surface area (Å²) in [7, 11) is 1.61. The minimum absolute atomic E-state index is 0.0577. The maximum absolute atomic E-state index is 13.1. The Morgan fingerprint density at radius 1 is 1.29 bits per heavy atom. The first kappa shape index (κ1) is 16.8. The number of carbonyl (C=O) groups excluding carboxylic acids is 1. The Hall–Kier alpha value is -2.01. The molecular formula is C19H23NO3S. The smallest absolute Gasteiger partial charge is 0.254 e. The summed E-state index contributed by atoms with van der Waals surface area (Å²) >= 11 is 1.79. The lowest BCUT2D eigenvalue weighted by atomic mass is 9.97. The summed E-state index contributed by atoms with van der Waals surface area (Å²) < 4.78 is 10.9. The largest absolute Gasteiger partial charge is 0.493 e. The van der Waals surface area contributed by atoms with Gasteiger partial charge in [0.25, 0.3) is 5.91 Å². The van der Waals surface area contributed by atoms with Crippen LogP contribution in [0.25, 0.3) is 0 Å². The highest BCUT2D eigenvalue weighted by Crippen LogP contribution is 2.37. The standard InChI is InChI=1S/C19H23NO3S/c1-4-15-14-9-11-24-18(14)8-10-20(15)19(21)13-6-7-16(22-3)17(12-13)23-5-2/h6-7,9,11-12,15H,4-5,8,10H2,1-3H3/t15-/m0/s1. The molecule has 1 aromatic heterocycles. The van der Waals surface area contributed by atoms with Gasteiger partial charge < -0.3 is 14.4 Å². The van der Waals surface area contributed by atoms with Crippen molar-refractivity contribution in [1.82, 2.24) is 4.90 Å². The second-order valence-electron chi connectivity index (χ2n) is 5.77. The summed E-state index contributed by atoms with van der Waals surface area (Å²) in [6.07, 6.45) is 1.85. The first-order chi connectivity index (χ1) is 11.7. The molecule has 5 heteroatoms. The molecule has 0 unspecified atom stereocenters. The van der Waals surface area contributed by atoms with Crippen LogP contribution in [-0.2, 0) is 6.42 Å². The Morgan fingerprint density at radius 2 is 2.12 bits per heavy atom. The zero-order valence-corrected chi connectivity index (χ0v) is 15.2. The van der Waals surface area contributed by atoms with E-state index in [1.165, 1.54) is 10.4 Å². The topological polar surface area (TPSA) is 38.8 Å². The molecule has 0 radical (unpaired) electrons. The Balaban J connectivity index is 1.90. The van der Waals surface area contributed by atoms with Gasteiger partial charge in [-0.1, -0.05) is 6.92 Å². The van der Waals surface area contributed by atoms with Crippen LogP contribution in [0.15, 0.2) is 29.6 Å². The van der Waals surface area contributed by atoms with E-state index in [0.717, 1.165) is 19.4 Å². The SMILES string of the molecule is CCOc1cc(C(=O)N2CCc3sccc3[C@@H]2CC)ccc1OC. The number of hydrogen-bond acceptors (Lipinski definition) is 4. The monoisotopic (exact) mass is 345 g/mol. The predicted molar refractivity (Wildman–Crippen MR) is 96.3 cm³/mol. The molecule has 0 spiro atoms. The van der Waals surface area contributed by atoms with Gasteiger partial charge in [-0.15, -0.1) is 11.3 Å². The van der Waals surface area contributed by atoms with Crippen molar-refractivity contribution < 1.29 is 14.3 Å². The number of amides is 1. The van der Waals surface area contributed by atoms with Crippen molar-refractivity contribution in [1.29, 1.82) is 0 Å². The molecule has 3 rings (SSSR count). The number of nitrogens with zero attached hydrogens (tertiary/aromatic N) is 1. The van der Waals surface area contributed by atoms with E-state index >= 15 is 0 Å². The highest BCUT2D eigenvalue weighted by molar-refractivity contribution is 7.10. The van der Waals surface area contributed by atoms with Crippen molar-refractivity contribution in [3.63, 3.8) is 0 Å². The molecule has 1 amide bonds. The van der Waals surface area contributed by atoms with E-state index < -0.39 is 0 Å². The Labute approximate surface area is 147 Å². The number of rotatable bonds is 5. The zero-order chi connectivity index (χ0) is 17.1. The molecule has 1 aliphatic heterocycles. The molecule has 0 aliphatic carbocycles. The van der Waals surface area contributed by atoms with E-state index in [4.69, 9.17) is 9.47 Å². The van der Waals surface area contributed by atoms with Gasteiger partial charge in [-0.25, -0.2) is 0 Å². The summed E-state index contributed by atoms with van der Waals surface area (Å²) in [6, 6.07) is 7.73. The van der Waals surface area contributed by atoms with Crippen molar-refractivity contribution >= 4 is 17.2 Å². The second-order valence-corrected chi connectivity index (χ2v) is 6.77.